The van der Waals surface area contributed by atoms with E-state index < -0.39 is 0 Å². The van der Waals surface area contributed by atoms with Gasteiger partial charge in [-0.1, -0.05) is 13.8 Å². The van der Waals surface area contributed by atoms with Crippen molar-refractivity contribution in [3.8, 4) is 0 Å². The topological polar surface area (TPSA) is 0 Å². The van der Waals surface area contributed by atoms with Crippen molar-refractivity contribution in [1.29, 1.82) is 0 Å². The maximum Gasteiger partial charge on any atom is 2.00 e. The summed E-state index contributed by atoms with van der Waals surface area (Å²) in [7, 11) is 0. The monoisotopic (exact) mass is 67.1 g/mol. The zero-order chi connectivity index (χ0) is 2.00. The Morgan fingerprint density at radius 3 is 1.25 bits per heavy atom. The quantitative estimate of drug-likeness (QED) is 0.362. The van der Waals surface area contributed by atoms with Crippen LogP contribution in [0.3, 0.4) is 0 Å². The fourth-order valence-electron chi connectivity index (χ4n) is 0. The second-order valence-corrected chi connectivity index (χ2v) is 0. The molecule has 21 valence electrons. The molecule has 0 saturated carbocycles. The number of hydrogen-bond acceptors (Lipinski definition) is 0. The van der Waals surface area contributed by atoms with E-state index >= 15 is 0 Å². The Morgan fingerprint density at radius 1 is 1.25 bits per heavy atom. The van der Waals surface area contributed by atoms with E-state index in [1.807, 2.05) is 13.8 Å². The van der Waals surface area contributed by atoms with Crippen molar-refractivity contribution in [1.82, 2.24) is 0 Å². The summed E-state index contributed by atoms with van der Waals surface area (Å²) in [5.41, 5.74) is 0. The summed E-state index contributed by atoms with van der Waals surface area (Å²) >= 11 is 0. The molecule has 0 amide bonds. The molecule has 0 atom stereocenters. The molecule has 0 N–H and O–H groups in total. The predicted molar refractivity (Wildman–Crippen MR) is 25.1 cm³/mol. The Labute approximate surface area is 48.7 Å². The average molecular weight is 67.2 g/mol. The van der Waals surface area contributed by atoms with E-state index in [0.717, 1.165) is 0 Å². The van der Waals surface area contributed by atoms with Crippen LogP contribution in [-0.2, 0) is 0 Å². The van der Waals surface area contributed by atoms with Gasteiger partial charge in [0.15, 0.2) is 0 Å². The third-order valence-corrected chi connectivity index (χ3v) is 0. The van der Waals surface area contributed by atoms with Crippen molar-refractivity contribution < 1.29 is 2.85 Å². The normalized spacial score (nSPS) is 1.50. The molecule has 0 saturated heterocycles. The largest absolute Gasteiger partial charge is 2.00 e. The van der Waals surface area contributed by atoms with Crippen molar-refractivity contribution in [2.45, 2.75) is 13.8 Å². The smallest absolute Gasteiger partial charge is 1.00 e. The van der Waals surface area contributed by atoms with Crippen LogP contribution < -0.4 is 0 Å². The van der Waals surface area contributed by atoms with E-state index in [1.165, 1.54) is 0 Å². The molecular formula is C2H8BMg. The third kappa shape index (κ3) is 13.7. The summed E-state index contributed by atoms with van der Waals surface area (Å²) in [6.07, 6.45) is 0. The second kappa shape index (κ2) is 44.5. The zero-order valence-corrected chi connectivity index (χ0v) is 4.70. The van der Waals surface area contributed by atoms with Gasteiger partial charge < -0.3 is 2.85 Å². The summed E-state index contributed by atoms with van der Waals surface area (Å²) in [5.74, 6) is 0. The van der Waals surface area contributed by atoms with Crippen LogP contribution in [0.15, 0.2) is 0 Å². The Balaban J connectivity index is -0.000000000833. The standard InChI is InChI=1S/C2H6.B.Mg.2H/c1-2;;;;/h1-2H3;;;;/q;;+2;2*-1. The van der Waals surface area contributed by atoms with Crippen molar-refractivity contribution in [2.75, 3.05) is 0 Å². The van der Waals surface area contributed by atoms with Gasteiger partial charge >= 0.3 is 23.1 Å². The van der Waals surface area contributed by atoms with Crippen LogP contribution in [0.5, 0.6) is 0 Å². The van der Waals surface area contributed by atoms with Crippen LogP contribution in [0, 0.1) is 0 Å². The minimum atomic E-state index is 0. The second-order valence-electron chi connectivity index (χ2n) is 0. The van der Waals surface area contributed by atoms with Gasteiger partial charge in [0.2, 0.25) is 0 Å². The van der Waals surface area contributed by atoms with E-state index in [1.54, 1.807) is 0 Å². The maximum atomic E-state index is 2.00. The first-order chi connectivity index (χ1) is 1.00. The van der Waals surface area contributed by atoms with Gasteiger partial charge in [0.05, 0.1) is 0 Å². The summed E-state index contributed by atoms with van der Waals surface area (Å²) in [4.78, 5) is 0. The molecular weight excluding hydrogens is 59.1 g/mol. The summed E-state index contributed by atoms with van der Waals surface area (Å²) in [5, 5.41) is 0. The molecule has 0 aromatic rings. The van der Waals surface area contributed by atoms with E-state index in [2.05, 4.69) is 0 Å². The molecule has 0 fully saturated rings. The number of rotatable bonds is 0. The van der Waals surface area contributed by atoms with Crippen LogP contribution in [0.4, 0.5) is 0 Å². The van der Waals surface area contributed by atoms with Gasteiger partial charge in [0.25, 0.3) is 0 Å². The maximum absolute atomic E-state index is 2.00. The van der Waals surface area contributed by atoms with Crippen LogP contribution in [-0.4, -0.2) is 31.5 Å². The first-order valence-corrected chi connectivity index (χ1v) is 1.00. The van der Waals surface area contributed by atoms with Gasteiger partial charge in [-0.25, -0.2) is 0 Å². The molecule has 0 aromatic heterocycles. The Morgan fingerprint density at radius 2 is 1.25 bits per heavy atom. The van der Waals surface area contributed by atoms with Crippen molar-refractivity contribution in [3.63, 3.8) is 0 Å². The van der Waals surface area contributed by atoms with Crippen LogP contribution in [0.2, 0.25) is 0 Å². The molecule has 0 unspecified atom stereocenters. The molecule has 2 heteroatoms. The van der Waals surface area contributed by atoms with Gasteiger partial charge in [0.1, 0.15) is 0 Å². The zero-order valence-electron chi connectivity index (χ0n) is 5.28. The van der Waals surface area contributed by atoms with E-state index in [4.69, 9.17) is 0 Å². The molecule has 0 heterocycles. The molecule has 0 bridgehead atoms. The molecule has 4 heavy (non-hydrogen) atoms. The van der Waals surface area contributed by atoms with Crippen molar-refractivity contribution in [2.24, 2.45) is 0 Å². The van der Waals surface area contributed by atoms with Gasteiger partial charge in [-0.15, -0.1) is 0 Å². The molecule has 0 rings (SSSR count). The molecule has 0 nitrogen and oxygen atoms in total. The fourth-order valence-corrected chi connectivity index (χ4v) is 0. The van der Waals surface area contributed by atoms with Gasteiger partial charge in [0, 0.05) is 8.41 Å². The molecule has 0 aliphatic heterocycles. The Bertz CT molecular complexity index is 11.5. The van der Waals surface area contributed by atoms with Crippen LogP contribution in [0.25, 0.3) is 0 Å². The van der Waals surface area contributed by atoms with Crippen molar-refractivity contribution in [3.05, 3.63) is 0 Å². The Hall–Kier alpha value is 0.831. The van der Waals surface area contributed by atoms with Gasteiger partial charge in [-0.2, -0.15) is 0 Å². The van der Waals surface area contributed by atoms with Gasteiger partial charge in [-0.05, 0) is 0 Å². The molecule has 0 spiro atoms. The third-order valence-electron chi connectivity index (χ3n) is 0. The van der Waals surface area contributed by atoms with Crippen molar-refractivity contribution >= 4 is 31.5 Å². The van der Waals surface area contributed by atoms with Crippen LogP contribution in [0.1, 0.15) is 16.7 Å². The van der Waals surface area contributed by atoms with E-state index in [0.29, 0.717) is 0 Å². The molecule has 0 aromatic carbocycles. The average Bonchev–Trinajstić information content (AvgIpc) is 1.00. The van der Waals surface area contributed by atoms with E-state index in [9.17, 15) is 0 Å². The summed E-state index contributed by atoms with van der Waals surface area (Å²) in [6, 6.07) is 0. The fraction of sp³-hybridized carbons (Fsp3) is 1.00. The first kappa shape index (κ1) is 21.1. The molecule has 0 aliphatic rings. The Kier molecular flexibility index (Phi) is 235. The summed E-state index contributed by atoms with van der Waals surface area (Å²) < 4.78 is 0. The molecule has 3 radical (unpaired) electrons. The predicted octanol–water partition coefficient (Wildman–Crippen LogP) is 0.490. The number of hydrogen-bond donors (Lipinski definition) is 0. The summed E-state index contributed by atoms with van der Waals surface area (Å²) in [6.45, 7) is 4.00. The van der Waals surface area contributed by atoms with E-state index in [-0.39, 0.29) is 34.3 Å². The van der Waals surface area contributed by atoms with Crippen LogP contribution >= 0.6 is 0 Å². The minimum Gasteiger partial charge on any atom is -1.00 e. The van der Waals surface area contributed by atoms with Gasteiger partial charge in [-0.3, -0.25) is 0 Å². The minimum absolute atomic E-state index is 0. The SMILES string of the molecule is CC.[B].[H-].[H-].[Mg+2]. The first-order valence-electron chi connectivity index (χ1n) is 1.00. The molecule has 0 aliphatic carbocycles.